The predicted molar refractivity (Wildman–Crippen MR) is 108 cm³/mol. The number of aliphatic carboxylic acids is 2. The average molecular weight is 420 g/mol. The number of carbonyl (C=O) groups is 3. The minimum absolute atomic E-state index is 0.140. The van der Waals surface area contributed by atoms with Crippen molar-refractivity contribution in [1.29, 1.82) is 0 Å². The van der Waals surface area contributed by atoms with Gasteiger partial charge in [0.25, 0.3) is 0 Å². The van der Waals surface area contributed by atoms with Gasteiger partial charge in [-0.25, -0.2) is 9.59 Å². The van der Waals surface area contributed by atoms with Crippen molar-refractivity contribution >= 4 is 23.5 Å². The first-order chi connectivity index (χ1) is 14.3. The van der Waals surface area contributed by atoms with E-state index >= 15 is 0 Å². The van der Waals surface area contributed by atoms with E-state index in [1.54, 1.807) is 39.5 Å². The second-order valence-electron chi connectivity index (χ2n) is 5.71. The summed E-state index contributed by atoms with van der Waals surface area (Å²) in [5.41, 5.74) is 1.70. The van der Waals surface area contributed by atoms with Crippen LogP contribution in [0, 0.1) is 0 Å². The Morgan fingerprint density at radius 3 is 1.73 bits per heavy atom. The highest BCUT2D eigenvalue weighted by Gasteiger charge is 2.06. The molecule has 1 amide bonds. The van der Waals surface area contributed by atoms with Crippen LogP contribution in [0.4, 0.5) is 5.69 Å². The van der Waals surface area contributed by atoms with E-state index in [0.717, 1.165) is 11.3 Å². The summed E-state index contributed by atoms with van der Waals surface area (Å²) in [6, 6.07) is 12.9. The van der Waals surface area contributed by atoms with Gasteiger partial charge in [0.15, 0.2) is 0 Å². The monoisotopic (exact) mass is 420 g/mol. The zero-order chi connectivity index (χ0) is 22.5. The third-order valence-electron chi connectivity index (χ3n) is 3.59. The number of benzene rings is 2. The Hall–Kier alpha value is -3.79. The van der Waals surface area contributed by atoms with Gasteiger partial charge < -0.3 is 35.1 Å². The number of nitrogens with one attached hydrogen (secondary N) is 2. The first-order valence-corrected chi connectivity index (χ1v) is 8.61. The Morgan fingerprint density at radius 1 is 0.800 bits per heavy atom. The number of hydrogen-bond acceptors (Lipinski definition) is 7. The zero-order valence-corrected chi connectivity index (χ0v) is 16.8. The molecule has 0 fully saturated rings. The quantitative estimate of drug-likeness (QED) is 0.468. The van der Waals surface area contributed by atoms with Crippen LogP contribution in [-0.2, 0) is 20.9 Å². The van der Waals surface area contributed by atoms with Crippen LogP contribution in [0.3, 0.4) is 0 Å². The number of hydrogen-bond donors (Lipinski definition) is 4. The Labute approximate surface area is 173 Å². The van der Waals surface area contributed by atoms with Gasteiger partial charge in [-0.1, -0.05) is 12.1 Å². The number of ether oxygens (including phenoxy) is 3. The summed E-state index contributed by atoms with van der Waals surface area (Å²) in [7, 11) is 4.76. The van der Waals surface area contributed by atoms with Gasteiger partial charge in [0, 0.05) is 30.4 Å². The summed E-state index contributed by atoms with van der Waals surface area (Å²) in [4.78, 5) is 30.2. The molecule has 0 saturated heterocycles. The molecule has 0 heterocycles. The van der Waals surface area contributed by atoms with Crippen LogP contribution in [0.2, 0.25) is 0 Å². The Morgan fingerprint density at radius 2 is 1.30 bits per heavy atom. The third kappa shape index (κ3) is 8.93. The summed E-state index contributed by atoms with van der Waals surface area (Å²) >= 11 is 0. The molecule has 2 aromatic carbocycles. The van der Waals surface area contributed by atoms with E-state index in [1.807, 2.05) is 24.3 Å². The van der Waals surface area contributed by atoms with Crippen molar-refractivity contribution in [3.8, 4) is 17.2 Å². The van der Waals surface area contributed by atoms with Crippen molar-refractivity contribution in [2.45, 2.75) is 6.54 Å². The fourth-order valence-corrected chi connectivity index (χ4v) is 2.15. The molecule has 30 heavy (non-hydrogen) atoms. The number of amides is 1. The van der Waals surface area contributed by atoms with E-state index in [-0.39, 0.29) is 12.5 Å². The third-order valence-corrected chi connectivity index (χ3v) is 3.59. The van der Waals surface area contributed by atoms with Gasteiger partial charge in [-0.15, -0.1) is 0 Å². The molecule has 0 radical (unpaired) electrons. The van der Waals surface area contributed by atoms with Crippen molar-refractivity contribution in [1.82, 2.24) is 5.32 Å². The minimum Gasteiger partial charge on any atom is -0.497 e. The first kappa shape index (κ1) is 24.2. The van der Waals surface area contributed by atoms with Crippen LogP contribution in [0.1, 0.15) is 5.56 Å². The molecule has 0 aromatic heterocycles. The van der Waals surface area contributed by atoms with Crippen LogP contribution >= 0.6 is 0 Å². The van der Waals surface area contributed by atoms with Crippen molar-refractivity contribution in [2.24, 2.45) is 0 Å². The maximum atomic E-state index is 12.0. The highest BCUT2D eigenvalue weighted by atomic mass is 16.5. The topological polar surface area (TPSA) is 143 Å². The van der Waals surface area contributed by atoms with Crippen LogP contribution in [0.15, 0.2) is 42.5 Å². The van der Waals surface area contributed by atoms with Crippen LogP contribution in [0.25, 0.3) is 0 Å². The van der Waals surface area contributed by atoms with E-state index < -0.39 is 11.9 Å². The summed E-state index contributed by atoms with van der Waals surface area (Å²) in [5.74, 6) is -1.74. The molecule has 162 valence electrons. The fraction of sp³-hybridized carbons (Fsp3) is 0.250. The van der Waals surface area contributed by atoms with Gasteiger partial charge in [-0.05, 0) is 17.7 Å². The molecule has 0 atom stereocenters. The van der Waals surface area contributed by atoms with Crippen molar-refractivity contribution in [3.63, 3.8) is 0 Å². The predicted octanol–water partition coefficient (Wildman–Crippen LogP) is 1.60. The molecule has 0 aliphatic rings. The Balaban J connectivity index is 0.000000656. The van der Waals surface area contributed by atoms with E-state index in [2.05, 4.69) is 10.6 Å². The number of carboxylic acid groups (broad SMARTS) is 2. The zero-order valence-electron chi connectivity index (χ0n) is 16.8. The standard InChI is InChI=1S/C18H22N2O4.C2H2O4/c1-22-15-6-4-13(5-7-15)11-19-12-18(21)20-14-8-16(23-2)10-17(9-14)24-3;3-1(4)2(5)6/h4-10,19H,11-12H2,1-3H3,(H,20,21);(H,3,4)(H,5,6). The van der Waals surface area contributed by atoms with E-state index in [0.29, 0.717) is 23.7 Å². The smallest absolute Gasteiger partial charge is 0.414 e. The molecule has 0 unspecified atom stereocenters. The lowest BCUT2D eigenvalue weighted by molar-refractivity contribution is -0.159. The average Bonchev–Trinajstić information content (AvgIpc) is 2.74. The van der Waals surface area contributed by atoms with Crippen LogP contribution in [-0.4, -0.2) is 55.9 Å². The molecule has 0 aliphatic carbocycles. The van der Waals surface area contributed by atoms with Crippen molar-refractivity contribution in [3.05, 3.63) is 48.0 Å². The fourth-order valence-electron chi connectivity index (χ4n) is 2.15. The van der Waals surface area contributed by atoms with Gasteiger partial charge in [-0.3, -0.25) is 4.79 Å². The SMILES string of the molecule is COc1ccc(CNCC(=O)Nc2cc(OC)cc(OC)c2)cc1.O=C(O)C(=O)O. The molecule has 10 nitrogen and oxygen atoms in total. The number of anilines is 1. The second kappa shape index (κ2) is 12.6. The van der Waals surface area contributed by atoms with E-state index in [1.165, 1.54) is 0 Å². The van der Waals surface area contributed by atoms with Gasteiger partial charge in [0.1, 0.15) is 17.2 Å². The van der Waals surface area contributed by atoms with Crippen LogP contribution in [0.5, 0.6) is 17.2 Å². The summed E-state index contributed by atoms with van der Waals surface area (Å²) < 4.78 is 15.5. The molecular formula is C20H24N2O8. The number of carboxylic acids is 2. The van der Waals surface area contributed by atoms with E-state index in [9.17, 15) is 4.79 Å². The molecule has 2 aromatic rings. The molecule has 0 saturated carbocycles. The lowest BCUT2D eigenvalue weighted by atomic mass is 10.2. The van der Waals surface area contributed by atoms with Crippen molar-refractivity contribution < 1.29 is 38.8 Å². The molecule has 0 aliphatic heterocycles. The normalized spacial score (nSPS) is 9.57. The van der Waals surface area contributed by atoms with Gasteiger partial charge in [0.05, 0.1) is 27.9 Å². The summed E-state index contributed by atoms with van der Waals surface area (Å²) in [6.45, 7) is 0.796. The number of rotatable bonds is 8. The summed E-state index contributed by atoms with van der Waals surface area (Å²) in [5, 5.41) is 20.7. The number of carbonyl (C=O) groups excluding carboxylic acids is 1. The summed E-state index contributed by atoms with van der Waals surface area (Å²) in [6.07, 6.45) is 0. The molecular weight excluding hydrogens is 396 g/mol. The highest BCUT2D eigenvalue weighted by molar-refractivity contribution is 6.27. The minimum atomic E-state index is -1.82. The lowest BCUT2D eigenvalue weighted by Crippen LogP contribution is -2.27. The largest absolute Gasteiger partial charge is 0.497 e. The maximum absolute atomic E-state index is 12.0. The van der Waals surface area contributed by atoms with Gasteiger partial charge in [-0.2, -0.15) is 0 Å². The Bertz CT molecular complexity index is 818. The van der Waals surface area contributed by atoms with Gasteiger partial charge in [0.2, 0.25) is 5.91 Å². The van der Waals surface area contributed by atoms with Gasteiger partial charge >= 0.3 is 11.9 Å². The second-order valence-corrected chi connectivity index (χ2v) is 5.71. The first-order valence-electron chi connectivity index (χ1n) is 8.61. The lowest BCUT2D eigenvalue weighted by Gasteiger charge is -2.10. The van der Waals surface area contributed by atoms with Crippen LogP contribution < -0.4 is 24.8 Å². The molecule has 4 N–H and O–H groups in total. The van der Waals surface area contributed by atoms with Crippen molar-refractivity contribution in [2.75, 3.05) is 33.2 Å². The number of methoxy groups -OCH3 is 3. The molecule has 0 spiro atoms. The van der Waals surface area contributed by atoms with E-state index in [4.69, 9.17) is 34.0 Å². The molecule has 0 bridgehead atoms. The highest BCUT2D eigenvalue weighted by Crippen LogP contribution is 2.25. The molecule has 2 rings (SSSR count). The Kier molecular flexibility index (Phi) is 10.2. The molecule has 10 heteroatoms. The maximum Gasteiger partial charge on any atom is 0.414 e.